The van der Waals surface area contributed by atoms with Gasteiger partial charge in [-0.25, -0.2) is 4.98 Å². The minimum Gasteiger partial charge on any atom is -0.441 e. The van der Waals surface area contributed by atoms with Crippen LogP contribution in [0, 0.1) is 12.8 Å². The summed E-state index contributed by atoms with van der Waals surface area (Å²) in [5.74, 6) is 1.60. The molecule has 7 nitrogen and oxygen atoms in total. The molecule has 0 unspecified atom stereocenters. The molecule has 2 saturated heterocycles. The minimum atomic E-state index is 0.0293. The molecule has 3 aromatic rings. The highest BCUT2D eigenvalue weighted by molar-refractivity contribution is 6.30. The monoisotopic (exact) mass is 507 g/mol. The first-order chi connectivity index (χ1) is 17.4. The van der Waals surface area contributed by atoms with Crippen molar-refractivity contribution in [3.8, 4) is 11.5 Å². The predicted molar refractivity (Wildman–Crippen MR) is 144 cm³/mol. The van der Waals surface area contributed by atoms with Crippen molar-refractivity contribution in [3.63, 3.8) is 0 Å². The Bertz CT molecular complexity index is 1160. The molecule has 8 heteroatoms. The summed E-state index contributed by atoms with van der Waals surface area (Å²) in [6, 6.07) is 15.8. The lowest BCUT2D eigenvalue weighted by Crippen LogP contribution is -2.44. The number of nitrogens with zero attached hydrogens (tertiary/aromatic N) is 4. The zero-order chi connectivity index (χ0) is 25.1. The number of nitrogens with one attached hydrogen (secondary N) is 1. The van der Waals surface area contributed by atoms with E-state index in [0.717, 1.165) is 81.4 Å². The summed E-state index contributed by atoms with van der Waals surface area (Å²) < 4.78 is 5.91. The van der Waals surface area contributed by atoms with Gasteiger partial charge in [0.2, 0.25) is 11.8 Å². The number of benzene rings is 2. The Morgan fingerprint density at radius 1 is 1.00 bits per heavy atom. The van der Waals surface area contributed by atoms with Crippen LogP contribution in [0.3, 0.4) is 0 Å². The molecule has 2 fully saturated rings. The van der Waals surface area contributed by atoms with Crippen molar-refractivity contribution in [3.05, 3.63) is 65.0 Å². The van der Waals surface area contributed by atoms with Crippen molar-refractivity contribution >= 4 is 28.9 Å². The second kappa shape index (κ2) is 11.0. The maximum atomic E-state index is 12.9. The van der Waals surface area contributed by atoms with Crippen LogP contribution >= 0.6 is 11.6 Å². The highest BCUT2D eigenvalue weighted by atomic mass is 35.5. The van der Waals surface area contributed by atoms with Crippen LogP contribution in [0.25, 0.3) is 11.5 Å². The Labute approximate surface area is 218 Å². The third-order valence-corrected chi connectivity index (χ3v) is 7.57. The van der Waals surface area contributed by atoms with Gasteiger partial charge in [-0.2, -0.15) is 0 Å². The van der Waals surface area contributed by atoms with Crippen molar-refractivity contribution in [1.82, 2.24) is 14.8 Å². The number of anilines is 2. The molecule has 5 rings (SSSR count). The van der Waals surface area contributed by atoms with Gasteiger partial charge in [0.1, 0.15) is 5.76 Å². The fourth-order valence-electron chi connectivity index (χ4n) is 4.92. The van der Waals surface area contributed by atoms with E-state index in [1.165, 1.54) is 5.69 Å². The molecule has 2 aromatic carbocycles. The number of likely N-dealkylation sites (tertiary alicyclic amines) is 1. The Morgan fingerprint density at radius 2 is 1.67 bits per heavy atom. The van der Waals surface area contributed by atoms with Gasteiger partial charge in [0.05, 0.1) is 5.69 Å². The molecule has 2 aliphatic heterocycles. The van der Waals surface area contributed by atoms with Crippen molar-refractivity contribution in [2.75, 3.05) is 56.5 Å². The van der Waals surface area contributed by atoms with E-state index in [2.05, 4.69) is 39.2 Å². The summed E-state index contributed by atoms with van der Waals surface area (Å²) in [4.78, 5) is 24.7. The number of aromatic nitrogens is 1. The third kappa shape index (κ3) is 5.91. The molecule has 1 aromatic heterocycles. The van der Waals surface area contributed by atoms with Crippen LogP contribution in [0.4, 0.5) is 11.4 Å². The van der Waals surface area contributed by atoms with E-state index in [-0.39, 0.29) is 11.8 Å². The average Bonchev–Trinajstić information content (AvgIpc) is 3.25. The molecule has 0 saturated carbocycles. The van der Waals surface area contributed by atoms with Gasteiger partial charge >= 0.3 is 0 Å². The largest absolute Gasteiger partial charge is 0.441 e. The van der Waals surface area contributed by atoms with E-state index in [0.29, 0.717) is 10.9 Å². The molecule has 2 aliphatic rings. The number of likely N-dealkylation sites (N-methyl/N-ethyl adjacent to an activating group) is 1. The van der Waals surface area contributed by atoms with Gasteiger partial charge in [-0.15, -0.1) is 0 Å². The first-order valence-electron chi connectivity index (χ1n) is 12.7. The second-order valence-corrected chi connectivity index (χ2v) is 10.3. The van der Waals surface area contributed by atoms with E-state index in [1.54, 1.807) is 0 Å². The number of hydrogen-bond donors (Lipinski definition) is 1. The first-order valence-corrected chi connectivity index (χ1v) is 13.1. The number of halogens is 1. The third-order valence-electron chi connectivity index (χ3n) is 7.32. The molecule has 0 spiro atoms. The van der Waals surface area contributed by atoms with Crippen LogP contribution < -0.4 is 10.2 Å². The van der Waals surface area contributed by atoms with E-state index in [1.807, 2.05) is 43.3 Å². The van der Waals surface area contributed by atoms with Crippen LogP contribution in [0.15, 0.2) is 52.9 Å². The summed E-state index contributed by atoms with van der Waals surface area (Å²) in [7, 11) is 2.16. The topological polar surface area (TPSA) is 64.9 Å². The number of carbonyl (C=O) groups is 1. The number of oxazole rings is 1. The molecule has 0 radical (unpaired) electrons. The van der Waals surface area contributed by atoms with Crippen LogP contribution in [-0.2, 0) is 11.3 Å². The zero-order valence-corrected chi connectivity index (χ0v) is 21.8. The van der Waals surface area contributed by atoms with E-state index in [9.17, 15) is 4.79 Å². The fraction of sp³-hybridized carbons (Fsp3) is 0.429. The lowest BCUT2D eigenvalue weighted by Gasteiger charge is -2.34. The maximum Gasteiger partial charge on any atom is 0.227 e. The minimum absolute atomic E-state index is 0.0293. The summed E-state index contributed by atoms with van der Waals surface area (Å²) >= 11 is 5.99. The van der Waals surface area contributed by atoms with Crippen molar-refractivity contribution in [1.29, 1.82) is 0 Å². The zero-order valence-electron chi connectivity index (χ0n) is 21.0. The number of carbonyl (C=O) groups excluding carboxylic acids is 1. The molecule has 3 heterocycles. The van der Waals surface area contributed by atoms with E-state index < -0.39 is 0 Å². The van der Waals surface area contributed by atoms with Crippen molar-refractivity contribution in [2.24, 2.45) is 5.92 Å². The lowest BCUT2D eigenvalue weighted by molar-refractivity contribution is -0.121. The van der Waals surface area contributed by atoms with Gasteiger partial charge < -0.3 is 19.5 Å². The van der Waals surface area contributed by atoms with Crippen LogP contribution in [-0.4, -0.2) is 67.0 Å². The van der Waals surface area contributed by atoms with Crippen molar-refractivity contribution in [2.45, 2.75) is 26.3 Å². The Morgan fingerprint density at radius 3 is 2.33 bits per heavy atom. The molecule has 36 heavy (non-hydrogen) atoms. The number of rotatable bonds is 6. The standard InChI is InChI=1S/C28H34ClN5O2/c1-20-26(31-28(36-20)22-3-5-23(29)6-4-22)19-33-13-11-21(12-14-33)27(35)30-24-7-9-25(10-8-24)34-17-15-32(2)16-18-34/h3-10,21H,11-19H2,1-2H3,(H,30,35). The van der Waals surface area contributed by atoms with Gasteiger partial charge in [0.25, 0.3) is 0 Å². The van der Waals surface area contributed by atoms with Crippen LogP contribution in [0.2, 0.25) is 5.02 Å². The molecule has 0 bridgehead atoms. The molecule has 1 amide bonds. The quantitative estimate of drug-likeness (QED) is 0.511. The Kier molecular flexibility index (Phi) is 7.60. The van der Waals surface area contributed by atoms with Gasteiger partial charge in [-0.3, -0.25) is 9.69 Å². The van der Waals surface area contributed by atoms with E-state index >= 15 is 0 Å². The number of amides is 1. The highest BCUT2D eigenvalue weighted by Crippen LogP contribution is 2.26. The van der Waals surface area contributed by atoms with Crippen molar-refractivity contribution < 1.29 is 9.21 Å². The summed E-state index contributed by atoms with van der Waals surface area (Å²) in [5.41, 5.74) is 3.95. The molecule has 0 atom stereocenters. The molecular weight excluding hydrogens is 474 g/mol. The number of hydrogen-bond acceptors (Lipinski definition) is 6. The van der Waals surface area contributed by atoms with Gasteiger partial charge in [0.15, 0.2) is 0 Å². The second-order valence-electron chi connectivity index (χ2n) is 9.91. The normalized spacial score (nSPS) is 17.9. The van der Waals surface area contributed by atoms with E-state index in [4.69, 9.17) is 21.0 Å². The number of piperidine rings is 1. The predicted octanol–water partition coefficient (Wildman–Crippen LogP) is 4.91. The molecule has 190 valence electrons. The van der Waals surface area contributed by atoms with Crippen LogP contribution in [0.1, 0.15) is 24.3 Å². The summed E-state index contributed by atoms with van der Waals surface area (Å²) in [6.07, 6.45) is 1.68. The molecule has 1 N–H and O–H groups in total. The SMILES string of the molecule is Cc1oc(-c2ccc(Cl)cc2)nc1CN1CCC(C(=O)Nc2ccc(N3CCN(C)CC3)cc2)CC1. The van der Waals surface area contributed by atoms with Gasteiger partial charge in [-0.05, 0) is 88.4 Å². The van der Waals surface area contributed by atoms with Gasteiger partial charge in [-0.1, -0.05) is 11.6 Å². The number of aryl methyl sites for hydroxylation is 1. The Balaban J connectivity index is 1.11. The lowest BCUT2D eigenvalue weighted by atomic mass is 9.95. The summed E-state index contributed by atoms with van der Waals surface area (Å²) in [6.45, 7) is 8.65. The fourth-order valence-corrected chi connectivity index (χ4v) is 5.05. The summed E-state index contributed by atoms with van der Waals surface area (Å²) in [5, 5.41) is 3.82. The van der Waals surface area contributed by atoms with Gasteiger partial charge in [0, 0.05) is 60.6 Å². The Hall–Kier alpha value is -2.87. The smallest absolute Gasteiger partial charge is 0.227 e. The maximum absolute atomic E-state index is 12.9. The molecule has 0 aliphatic carbocycles. The van der Waals surface area contributed by atoms with Crippen LogP contribution in [0.5, 0.6) is 0 Å². The average molecular weight is 508 g/mol. The number of piperazine rings is 1. The first kappa shape index (κ1) is 24.8. The highest BCUT2D eigenvalue weighted by Gasteiger charge is 2.26. The molecular formula is C28H34ClN5O2.